The summed E-state index contributed by atoms with van der Waals surface area (Å²) in [5.41, 5.74) is 0.857. The molecule has 4 aliphatic carbocycles. The van der Waals surface area contributed by atoms with Gasteiger partial charge in [0.05, 0.1) is 22.5 Å². The van der Waals surface area contributed by atoms with Gasteiger partial charge in [-0.2, -0.15) is 0 Å². The number of fused-ring (bicyclic) bond motifs is 2. The zero-order valence-electron chi connectivity index (χ0n) is 19.0. The van der Waals surface area contributed by atoms with Crippen molar-refractivity contribution in [3.05, 3.63) is 26.6 Å². The number of thiophene rings is 1. The second-order valence-corrected chi connectivity index (χ2v) is 11.7. The van der Waals surface area contributed by atoms with Crippen LogP contribution in [0.2, 0.25) is 0 Å². The second-order valence-electron chi connectivity index (χ2n) is 10.7. The summed E-state index contributed by atoms with van der Waals surface area (Å²) in [5, 5.41) is 3.66. The van der Waals surface area contributed by atoms with Crippen LogP contribution in [0.5, 0.6) is 0 Å². The Hall–Kier alpha value is -1.73. The largest absolute Gasteiger partial charge is 0.373 e. The van der Waals surface area contributed by atoms with Gasteiger partial charge in [0, 0.05) is 19.5 Å². The number of nitrogens with one attached hydrogen (secondary N) is 1. The van der Waals surface area contributed by atoms with Crippen molar-refractivity contribution < 1.29 is 9.53 Å². The van der Waals surface area contributed by atoms with Crippen LogP contribution in [0, 0.1) is 24.7 Å². The molecule has 2 aromatic rings. The van der Waals surface area contributed by atoms with E-state index in [4.69, 9.17) is 9.72 Å². The highest BCUT2D eigenvalue weighted by atomic mass is 32.1. The lowest BCUT2D eigenvalue weighted by Crippen LogP contribution is -2.52. The van der Waals surface area contributed by atoms with E-state index in [0.29, 0.717) is 28.2 Å². The van der Waals surface area contributed by atoms with Gasteiger partial charge in [0.2, 0.25) is 0 Å². The molecule has 4 bridgehead atoms. The highest BCUT2D eigenvalue weighted by Crippen LogP contribution is 2.57. The van der Waals surface area contributed by atoms with E-state index < -0.39 is 0 Å². The number of nitrogens with zero attached hydrogens (tertiary/aromatic N) is 2. The lowest BCUT2D eigenvalue weighted by atomic mass is 9.54. The molecule has 32 heavy (non-hydrogen) atoms. The Balaban J connectivity index is 1.13. The van der Waals surface area contributed by atoms with E-state index in [1.165, 1.54) is 49.9 Å². The Labute approximate surface area is 192 Å². The molecule has 6 nitrogen and oxygen atoms in total. The fourth-order valence-corrected chi connectivity index (χ4v) is 8.45. The summed E-state index contributed by atoms with van der Waals surface area (Å²) < 4.78 is 8.27. The van der Waals surface area contributed by atoms with Gasteiger partial charge in [-0.3, -0.25) is 14.2 Å². The van der Waals surface area contributed by atoms with Crippen molar-refractivity contribution in [3.63, 3.8) is 0 Å². The number of ether oxygens (including phenoxy) is 1. The van der Waals surface area contributed by atoms with Crippen molar-refractivity contribution in [1.82, 2.24) is 14.9 Å². The van der Waals surface area contributed by atoms with E-state index in [-0.39, 0.29) is 17.1 Å². The third-order valence-corrected chi connectivity index (χ3v) is 9.58. The molecule has 1 amide bonds. The minimum atomic E-state index is -0.112. The third kappa shape index (κ3) is 3.52. The van der Waals surface area contributed by atoms with Crippen LogP contribution < -0.4 is 10.9 Å². The standard InChI is InChI=1S/C25H33N3O3S/c1-15-20-23(27-19-5-3-2-4-7-28(19)24(20)30)32-21(15)22(29)26-6-8-31-25-12-16-9-17(13-25)11-18(10-16)14-25/h16-18H,2-14H2,1H3,(H,26,29). The van der Waals surface area contributed by atoms with Crippen molar-refractivity contribution in [2.75, 3.05) is 13.2 Å². The first kappa shape index (κ1) is 20.8. The molecule has 4 fully saturated rings. The van der Waals surface area contributed by atoms with Crippen molar-refractivity contribution >= 4 is 27.5 Å². The SMILES string of the molecule is Cc1c(C(=O)NCCOC23CC4CC(CC(C4)C2)C3)sc2nc3n(c(=O)c12)CCCCC3. The van der Waals surface area contributed by atoms with Gasteiger partial charge >= 0.3 is 0 Å². The maximum atomic E-state index is 13.1. The summed E-state index contributed by atoms with van der Waals surface area (Å²) in [4.78, 5) is 32.2. The molecule has 7 heteroatoms. The molecule has 0 radical (unpaired) electrons. The van der Waals surface area contributed by atoms with Crippen LogP contribution in [0.15, 0.2) is 4.79 Å². The second kappa shape index (κ2) is 7.94. The monoisotopic (exact) mass is 455 g/mol. The van der Waals surface area contributed by atoms with Gasteiger partial charge in [-0.15, -0.1) is 11.3 Å². The van der Waals surface area contributed by atoms with Crippen LogP contribution in [-0.2, 0) is 17.7 Å². The van der Waals surface area contributed by atoms with Crippen LogP contribution in [0.3, 0.4) is 0 Å². The molecule has 0 unspecified atom stereocenters. The van der Waals surface area contributed by atoms with Gasteiger partial charge in [-0.25, -0.2) is 4.98 Å². The molecule has 172 valence electrons. The molecule has 0 atom stereocenters. The van der Waals surface area contributed by atoms with Crippen LogP contribution in [0.4, 0.5) is 0 Å². The van der Waals surface area contributed by atoms with Gasteiger partial charge in [0.1, 0.15) is 10.7 Å². The van der Waals surface area contributed by atoms with E-state index in [0.717, 1.165) is 61.4 Å². The Kier molecular flexibility index (Phi) is 5.17. The van der Waals surface area contributed by atoms with Gasteiger partial charge in [0.15, 0.2) is 0 Å². The molecule has 5 aliphatic rings. The normalized spacial score (nSPS) is 31.0. The molecule has 0 spiro atoms. The predicted octanol–water partition coefficient (Wildman–Crippen LogP) is 4.21. The topological polar surface area (TPSA) is 73.2 Å². The smallest absolute Gasteiger partial charge is 0.262 e. The average molecular weight is 456 g/mol. The number of aryl methyl sites for hydroxylation is 2. The number of amides is 1. The lowest BCUT2D eigenvalue weighted by molar-refractivity contribution is -0.160. The minimum absolute atomic E-state index is 0.0184. The predicted molar refractivity (Wildman–Crippen MR) is 125 cm³/mol. The first-order chi connectivity index (χ1) is 15.5. The van der Waals surface area contributed by atoms with E-state index in [2.05, 4.69) is 5.32 Å². The number of carbonyl (C=O) groups is 1. The van der Waals surface area contributed by atoms with E-state index >= 15 is 0 Å². The first-order valence-electron chi connectivity index (χ1n) is 12.5. The van der Waals surface area contributed by atoms with E-state index in [1.54, 1.807) is 0 Å². The Morgan fingerprint density at radius 2 is 1.88 bits per heavy atom. The molecular formula is C25H33N3O3S. The fourth-order valence-electron chi connectivity index (χ4n) is 7.35. The third-order valence-electron chi connectivity index (χ3n) is 8.40. The fraction of sp³-hybridized carbons (Fsp3) is 0.720. The summed E-state index contributed by atoms with van der Waals surface area (Å²) in [6.07, 6.45) is 11.9. The zero-order chi connectivity index (χ0) is 21.9. The van der Waals surface area contributed by atoms with Crippen molar-refractivity contribution in [2.45, 2.75) is 83.3 Å². The number of aromatic nitrogens is 2. The van der Waals surface area contributed by atoms with Crippen LogP contribution in [0.1, 0.15) is 78.8 Å². The molecule has 3 heterocycles. The number of hydrogen-bond donors (Lipinski definition) is 1. The zero-order valence-corrected chi connectivity index (χ0v) is 19.8. The first-order valence-corrected chi connectivity index (χ1v) is 13.3. The average Bonchev–Trinajstić information content (AvgIpc) is 2.92. The lowest BCUT2D eigenvalue weighted by Gasteiger charge is -2.56. The number of carbonyl (C=O) groups excluding carboxylic acids is 1. The summed E-state index contributed by atoms with van der Waals surface area (Å²) >= 11 is 1.35. The highest BCUT2D eigenvalue weighted by Gasteiger charge is 2.51. The summed E-state index contributed by atoms with van der Waals surface area (Å²) in [6.45, 7) is 3.69. The molecule has 2 aromatic heterocycles. The quantitative estimate of drug-likeness (QED) is 0.686. The Morgan fingerprint density at radius 1 is 1.16 bits per heavy atom. The molecule has 0 aromatic carbocycles. The van der Waals surface area contributed by atoms with Gasteiger partial charge < -0.3 is 10.1 Å². The van der Waals surface area contributed by atoms with Crippen molar-refractivity contribution in [3.8, 4) is 0 Å². The summed E-state index contributed by atoms with van der Waals surface area (Å²) in [6, 6.07) is 0. The van der Waals surface area contributed by atoms with Crippen LogP contribution in [-0.4, -0.2) is 34.2 Å². The van der Waals surface area contributed by atoms with Crippen molar-refractivity contribution in [2.24, 2.45) is 17.8 Å². The van der Waals surface area contributed by atoms with Gasteiger partial charge in [-0.1, -0.05) is 6.42 Å². The number of hydrogen-bond acceptors (Lipinski definition) is 5. The maximum absolute atomic E-state index is 13.1. The molecule has 1 aliphatic heterocycles. The Morgan fingerprint density at radius 3 is 2.59 bits per heavy atom. The number of rotatable bonds is 5. The Bertz CT molecular complexity index is 1080. The summed E-state index contributed by atoms with van der Waals surface area (Å²) in [7, 11) is 0. The van der Waals surface area contributed by atoms with Gasteiger partial charge in [-0.05, 0) is 81.6 Å². The highest BCUT2D eigenvalue weighted by molar-refractivity contribution is 7.20. The van der Waals surface area contributed by atoms with E-state index in [1.807, 2.05) is 11.5 Å². The summed E-state index contributed by atoms with van der Waals surface area (Å²) in [5.74, 6) is 3.34. The van der Waals surface area contributed by atoms with Crippen LogP contribution >= 0.6 is 11.3 Å². The van der Waals surface area contributed by atoms with E-state index in [9.17, 15) is 9.59 Å². The molecule has 0 saturated heterocycles. The molecular weight excluding hydrogens is 422 g/mol. The maximum Gasteiger partial charge on any atom is 0.262 e. The van der Waals surface area contributed by atoms with Crippen molar-refractivity contribution in [1.29, 1.82) is 0 Å². The minimum Gasteiger partial charge on any atom is -0.373 e. The van der Waals surface area contributed by atoms with Crippen LogP contribution in [0.25, 0.3) is 10.2 Å². The molecule has 1 N–H and O–H groups in total. The van der Waals surface area contributed by atoms with Gasteiger partial charge in [0.25, 0.3) is 11.5 Å². The molecule has 4 saturated carbocycles. The molecule has 7 rings (SSSR count).